The van der Waals surface area contributed by atoms with Gasteiger partial charge in [0.05, 0.1) is 0 Å². The van der Waals surface area contributed by atoms with Gasteiger partial charge >= 0.3 is 26.5 Å². The summed E-state index contributed by atoms with van der Waals surface area (Å²) in [5.41, 5.74) is 0. The van der Waals surface area contributed by atoms with Crippen LogP contribution in [0.3, 0.4) is 0 Å². The summed E-state index contributed by atoms with van der Waals surface area (Å²) in [6.45, 7) is 0.266. The van der Waals surface area contributed by atoms with Crippen molar-refractivity contribution in [2.24, 2.45) is 0 Å². The van der Waals surface area contributed by atoms with Gasteiger partial charge in [0.1, 0.15) is 0 Å². The molecule has 0 amide bonds. The average molecular weight is 243 g/mol. The molecule has 0 bridgehead atoms. The first-order valence-corrected chi connectivity index (χ1v) is 6.00. The fraction of sp³-hybridized carbons (Fsp3) is 1.00. The maximum absolute atomic E-state index is 8.61. The number of rotatable bonds is 7. The monoisotopic (exact) mass is 243 g/mol. The number of unbranched alkanes of at least 4 members (excludes halogenated alkanes) is 4. The van der Waals surface area contributed by atoms with E-state index in [1.54, 1.807) is 0 Å². The number of aliphatic hydroxyl groups excluding tert-OH is 2. The summed E-state index contributed by atoms with van der Waals surface area (Å²) in [7, 11) is 0. The van der Waals surface area contributed by atoms with Crippen LogP contribution in [0.15, 0.2) is 0 Å². The van der Waals surface area contributed by atoms with Crippen molar-refractivity contribution in [3.63, 3.8) is 0 Å². The van der Waals surface area contributed by atoms with Gasteiger partial charge in [-0.2, -0.15) is 0 Å². The van der Waals surface area contributed by atoms with Crippen molar-refractivity contribution in [3.05, 3.63) is 0 Å². The fourth-order valence-electron chi connectivity index (χ4n) is 0.969. The molecule has 0 spiro atoms. The van der Waals surface area contributed by atoms with Crippen molar-refractivity contribution in [2.75, 3.05) is 6.61 Å². The van der Waals surface area contributed by atoms with Crippen LogP contribution in [0.5, 0.6) is 0 Å². The van der Waals surface area contributed by atoms with Crippen LogP contribution in [0.25, 0.3) is 0 Å². The summed E-state index contributed by atoms with van der Waals surface area (Å²) < 4.78 is 15.8. The first-order valence-electron chi connectivity index (χ1n) is 4.67. The Morgan fingerprint density at radius 1 is 1.00 bits per heavy atom. The van der Waals surface area contributed by atoms with Gasteiger partial charge in [-0.05, 0) is 19.3 Å². The third-order valence-electron chi connectivity index (χ3n) is 1.62. The van der Waals surface area contributed by atoms with Crippen LogP contribution in [-0.4, -0.2) is 31.9 Å². The van der Waals surface area contributed by atoms with Crippen molar-refractivity contribution in [2.45, 2.75) is 44.8 Å². The second-order valence-electron chi connectivity index (χ2n) is 2.85. The van der Waals surface area contributed by atoms with Gasteiger partial charge in [0, 0.05) is 6.61 Å². The van der Waals surface area contributed by atoms with Gasteiger partial charge in [0.25, 0.3) is 0 Å². The van der Waals surface area contributed by atoms with E-state index in [1.165, 1.54) is 0 Å². The molecular formula is C8H19O5Ti. The van der Waals surface area contributed by atoms with Gasteiger partial charge in [-0.15, -0.1) is 0 Å². The Bertz CT molecular complexity index is 110. The number of hydrogen-bond donors (Lipinski definition) is 4. The Balaban J connectivity index is 0. The van der Waals surface area contributed by atoms with Crippen molar-refractivity contribution in [1.29, 1.82) is 0 Å². The van der Waals surface area contributed by atoms with Crippen molar-refractivity contribution >= 4 is 0 Å². The van der Waals surface area contributed by atoms with Crippen molar-refractivity contribution in [1.82, 2.24) is 0 Å². The van der Waals surface area contributed by atoms with Gasteiger partial charge in [-0.1, -0.05) is 19.3 Å². The minimum atomic E-state index is -1.75. The summed E-state index contributed by atoms with van der Waals surface area (Å²) in [6.07, 6.45) is 4.19. The molecule has 0 saturated carbocycles. The topological polar surface area (TPSA) is 98.0 Å². The zero-order valence-electron chi connectivity index (χ0n) is 8.22. The van der Waals surface area contributed by atoms with Gasteiger partial charge in [0.2, 0.25) is 0 Å². The van der Waals surface area contributed by atoms with Crippen LogP contribution in [0.4, 0.5) is 0 Å². The Kier molecular flexibility index (Phi) is 18.9. The zero-order valence-corrected chi connectivity index (χ0v) is 9.79. The van der Waals surface area contributed by atoms with E-state index in [0.29, 0.717) is 6.42 Å². The molecule has 0 heterocycles. The molecule has 0 aliphatic rings. The van der Waals surface area contributed by atoms with Crippen LogP contribution in [0.2, 0.25) is 0 Å². The minimum absolute atomic E-state index is 0.266. The maximum atomic E-state index is 8.61. The standard InChI is InChI=1S/C8H18O3.H2O.O.Ti/c9-7-5-3-1-2-4-6-8(10)11;;;/h8-11H,1-7H2;1H2;;/q;;;+1/p-1. The molecule has 4 N–H and O–H groups in total. The Hall–Kier alpha value is 0.354. The predicted molar refractivity (Wildman–Crippen MR) is 45.9 cm³/mol. The quantitative estimate of drug-likeness (QED) is 0.285. The van der Waals surface area contributed by atoms with Crippen LogP contribution in [0, 0.1) is 0 Å². The molecule has 0 rings (SSSR count). The Morgan fingerprint density at radius 2 is 1.43 bits per heavy atom. The van der Waals surface area contributed by atoms with Crippen LogP contribution in [0.1, 0.15) is 38.5 Å². The van der Waals surface area contributed by atoms with Crippen molar-refractivity contribution in [3.8, 4) is 0 Å². The first kappa shape index (κ1) is 16.8. The molecule has 0 aromatic heterocycles. The molecule has 6 heteroatoms. The third kappa shape index (κ3) is 22.8. The molecule has 0 aromatic rings. The molecule has 0 fully saturated rings. The summed E-state index contributed by atoms with van der Waals surface area (Å²) in [5.74, 6) is 0. The van der Waals surface area contributed by atoms with E-state index in [-0.39, 0.29) is 6.61 Å². The molecule has 0 atom stereocenters. The molecule has 85 valence electrons. The SMILES string of the molecule is OCCCCCCCC(O)O.[O]=[Ti][OH]. The van der Waals surface area contributed by atoms with Crippen LogP contribution >= 0.6 is 0 Å². The summed E-state index contributed by atoms with van der Waals surface area (Å²) in [4.78, 5) is 0. The molecule has 0 aromatic carbocycles. The molecule has 0 aliphatic heterocycles. The Morgan fingerprint density at radius 3 is 1.86 bits per heavy atom. The number of aliphatic hydroxyl groups is 3. The van der Waals surface area contributed by atoms with E-state index in [2.05, 4.69) is 0 Å². The Labute approximate surface area is 93.5 Å². The molecule has 0 saturated heterocycles. The summed E-state index contributed by atoms with van der Waals surface area (Å²) in [6, 6.07) is 0. The summed E-state index contributed by atoms with van der Waals surface area (Å²) >= 11 is -1.75. The molecule has 0 radical (unpaired) electrons. The van der Waals surface area contributed by atoms with Crippen molar-refractivity contribution < 1.29 is 41.8 Å². The second kappa shape index (κ2) is 15.8. The van der Waals surface area contributed by atoms with E-state index >= 15 is 0 Å². The third-order valence-corrected chi connectivity index (χ3v) is 1.62. The normalized spacial score (nSPS) is 9.21. The van der Waals surface area contributed by atoms with E-state index in [1.807, 2.05) is 0 Å². The van der Waals surface area contributed by atoms with E-state index in [4.69, 9.17) is 22.3 Å². The van der Waals surface area contributed by atoms with Gasteiger partial charge in [0.15, 0.2) is 6.29 Å². The second-order valence-corrected chi connectivity index (χ2v) is 3.14. The molecule has 0 aliphatic carbocycles. The van der Waals surface area contributed by atoms with E-state index in [0.717, 1.165) is 32.1 Å². The molecular weight excluding hydrogens is 224 g/mol. The van der Waals surface area contributed by atoms with E-state index in [9.17, 15) is 0 Å². The van der Waals surface area contributed by atoms with Crippen LogP contribution < -0.4 is 0 Å². The number of hydrogen-bond acceptors (Lipinski definition) is 4. The molecule has 5 nitrogen and oxygen atoms in total. The van der Waals surface area contributed by atoms with E-state index < -0.39 is 25.8 Å². The average Bonchev–Trinajstić information content (AvgIpc) is 2.12. The summed E-state index contributed by atoms with van der Waals surface area (Å²) in [5, 5.41) is 25.4. The fourth-order valence-corrected chi connectivity index (χ4v) is 0.969. The van der Waals surface area contributed by atoms with Gasteiger partial charge in [-0.3, -0.25) is 0 Å². The zero-order chi connectivity index (χ0) is 11.2. The predicted octanol–water partition coefficient (Wildman–Crippen LogP) is -0.0483. The van der Waals surface area contributed by atoms with Gasteiger partial charge < -0.3 is 15.3 Å². The molecule has 0 unspecified atom stereocenters. The molecule has 14 heavy (non-hydrogen) atoms. The van der Waals surface area contributed by atoms with Gasteiger partial charge in [-0.25, -0.2) is 0 Å². The van der Waals surface area contributed by atoms with Crippen LogP contribution in [-0.2, 0) is 22.8 Å². The first-order chi connectivity index (χ1) is 6.68.